The highest BCUT2D eigenvalue weighted by Gasteiger charge is 2.32. The molecule has 0 atom stereocenters. The molecule has 1 fully saturated rings. The van der Waals surface area contributed by atoms with Gasteiger partial charge in [-0.2, -0.15) is 5.10 Å². The average molecular weight is 412 g/mol. The van der Waals surface area contributed by atoms with Gasteiger partial charge in [0.2, 0.25) is 0 Å². The number of nitrogens with zero attached hydrogens (tertiary/aromatic N) is 3. The van der Waals surface area contributed by atoms with Gasteiger partial charge in [-0.25, -0.2) is 13.1 Å². The zero-order valence-electron chi connectivity index (χ0n) is 16.7. The summed E-state index contributed by atoms with van der Waals surface area (Å²) in [6.07, 6.45) is 8.86. The highest BCUT2D eigenvalue weighted by molar-refractivity contribution is 7.92. The summed E-state index contributed by atoms with van der Waals surface area (Å²) in [5.41, 5.74) is 3.54. The van der Waals surface area contributed by atoms with E-state index in [0.29, 0.717) is 11.4 Å². The number of aromatic nitrogens is 3. The van der Waals surface area contributed by atoms with Crippen LogP contribution in [-0.4, -0.2) is 28.0 Å². The smallest absolute Gasteiger partial charge is 0.250 e. The van der Waals surface area contributed by atoms with Crippen LogP contribution in [0.25, 0.3) is 16.8 Å². The van der Waals surface area contributed by atoms with Gasteiger partial charge < -0.3 is 4.57 Å². The maximum Gasteiger partial charge on any atom is 0.250 e. The van der Waals surface area contributed by atoms with E-state index in [1.165, 1.54) is 0 Å². The van der Waals surface area contributed by atoms with E-state index in [1.54, 1.807) is 39.7 Å². The summed E-state index contributed by atoms with van der Waals surface area (Å²) in [6, 6.07) is 8.64. The lowest BCUT2D eigenvalue weighted by atomic mass is 10.00. The van der Waals surface area contributed by atoms with E-state index >= 15 is 0 Å². The van der Waals surface area contributed by atoms with Crippen LogP contribution in [0.4, 0.5) is 0 Å². The molecule has 1 aliphatic carbocycles. The largest absolute Gasteiger partial charge is 0.313 e. The zero-order chi connectivity index (χ0) is 20.6. The van der Waals surface area contributed by atoms with Crippen molar-refractivity contribution in [1.29, 1.82) is 0 Å². The first-order valence-corrected chi connectivity index (χ1v) is 11.5. The van der Waals surface area contributed by atoms with E-state index in [1.807, 2.05) is 32.3 Å². The van der Waals surface area contributed by atoms with E-state index in [9.17, 15) is 13.2 Å². The Hall–Kier alpha value is -2.67. The number of pyridine rings is 1. The standard InChI is InChI=1S/C22H25N3O3S/c1-3-11-24-15-18(7-10-22(24)26)25-14-17(13-23-25)21-9-8-20(12-16(21)2)29(27,28)19-5-4-6-19/h7-10,12-15,19H,3-6,11H2,1-2H3. The average Bonchev–Trinajstić information content (AvgIpc) is 3.11. The highest BCUT2D eigenvalue weighted by atomic mass is 32.2. The number of hydrogen-bond acceptors (Lipinski definition) is 4. The van der Waals surface area contributed by atoms with Gasteiger partial charge in [0.15, 0.2) is 9.84 Å². The second-order valence-corrected chi connectivity index (χ2v) is 9.90. The van der Waals surface area contributed by atoms with E-state index < -0.39 is 9.84 Å². The van der Waals surface area contributed by atoms with Crippen molar-refractivity contribution in [2.45, 2.75) is 56.2 Å². The van der Waals surface area contributed by atoms with Gasteiger partial charge in [0.25, 0.3) is 5.56 Å². The molecule has 4 rings (SSSR count). The maximum absolute atomic E-state index is 12.7. The number of sulfone groups is 1. The summed E-state index contributed by atoms with van der Waals surface area (Å²) in [6.45, 7) is 4.62. The second-order valence-electron chi connectivity index (χ2n) is 7.67. The Kier molecular flexibility index (Phi) is 5.17. The zero-order valence-corrected chi connectivity index (χ0v) is 17.5. The van der Waals surface area contributed by atoms with E-state index in [4.69, 9.17) is 0 Å². The van der Waals surface area contributed by atoms with E-state index in [2.05, 4.69) is 5.10 Å². The predicted octanol–water partition coefficient (Wildman–Crippen LogP) is 3.75. The molecule has 0 spiro atoms. The van der Waals surface area contributed by atoms with Crippen LogP contribution >= 0.6 is 0 Å². The van der Waals surface area contributed by atoms with Crippen molar-refractivity contribution in [3.05, 3.63) is 64.8 Å². The molecule has 3 aromatic rings. The summed E-state index contributed by atoms with van der Waals surface area (Å²) in [4.78, 5) is 12.3. The van der Waals surface area contributed by atoms with Crippen molar-refractivity contribution in [3.8, 4) is 16.8 Å². The number of rotatable bonds is 6. The third-order valence-electron chi connectivity index (χ3n) is 5.61. The molecular weight excluding hydrogens is 386 g/mol. The molecule has 0 aliphatic heterocycles. The monoisotopic (exact) mass is 411 g/mol. The molecule has 1 saturated carbocycles. The van der Waals surface area contributed by atoms with Gasteiger partial charge in [-0.1, -0.05) is 19.4 Å². The topological polar surface area (TPSA) is 74.0 Å². The molecule has 2 heterocycles. The lowest BCUT2D eigenvalue weighted by molar-refractivity contribution is 0.477. The molecule has 0 bridgehead atoms. The van der Waals surface area contributed by atoms with Gasteiger partial charge >= 0.3 is 0 Å². The Morgan fingerprint density at radius 2 is 1.93 bits per heavy atom. The van der Waals surface area contributed by atoms with Crippen molar-refractivity contribution in [2.24, 2.45) is 0 Å². The maximum atomic E-state index is 12.7. The minimum absolute atomic E-state index is 0.0258. The van der Waals surface area contributed by atoms with Gasteiger partial charge in [-0.3, -0.25) is 4.79 Å². The molecule has 0 N–H and O–H groups in total. The molecule has 6 nitrogen and oxygen atoms in total. The van der Waals surface area contributed by atoms with Crippen LogP contribution in [0.3, 0.4) is 0 Å². The molecule has 0 saturated heterocycles. The molecule has 0 unspecified atom stereocenters. The summed E-state index contributed by atoms with van der Waals surface area (Å²) in [5, 5.41) is 4.21. The van der Waals surface area contributed by atoms with Crippen LogP contribution in [-0.2, 0) is 16.4 Å². The second kappa shape index (κ2) is 7.63. The van der Waals surface area contributed by atoms with Gasteiger partial charge in [0, 0.05) is 30.6 Å². The molecule has 1 aliphatic rings. The van der Waals surface area contributed by atoms with Crippen LogP contribution in [0.2, 0.25) is 0 Å². The molecule has 29 heavy (non-hydrogen) atoms. The van der Waals surface area contributed by atoms with Crippen LogP contribution in [0, 0.1) is 6.92 Å². The molecule has 0 amide bonds. The van der Waals surface area contributed by atoms with Gasteiger partial charge in [0.05, 0.1) is 22.0 Å². The lowest BCUT2D eigenvalue weighted by Crippen LogP contribution is -2.28. The van der Waals surface area contributed by atoms with Gasteiger partial charge in [-0.05, 0) is 55.5 Å². The molecule has 7 heteroatoms. The normalized spacial score (nSPS) is 14.7. The fourth-order valence-electron chi connectivity index (χ4n) is 3.68. The molecule has 1 aromatic carbocycles. The van der Waals surface area contributed by atoms with Crippen LogP contribution < -0.4 is 5.56 Å². The Morgan fingerprint density at radius 3 is 2.59 bits per heavy atom. The lowest BCUT2D eigenvalue weighted by Gasteiger charge is -2.25. The van der Waals surface area contributed by atoms with Crippen LogP contribution in [0.1, 0.15) is 38.2 Å². The first-order valence-electron chi connectivity index (χ1n) is 10.0. The minimum Gasteiger partial charge on any atom is -0.313 e. The summed E-state index contributed by atoms with van der Waals surface area (Å²) in [5.74, 6) is 0. The highest BCUT2D eigenvalue weighted by Crippen LogP contribution is 2.33. The first-order chi connectivity index (χ1) is 13.9. The molecule has 2 aromatic heterocycles. The third-order valence-corrected chi connectivity index (χ3v) is 7.87. The SMILES string of the molecule is CCCn1cc(-n2cc(-c3ccc(S(=O)(=O)C4CCC4)cc3C)cn2)ccc1=O. The van der Waals surface area contributed by atoms with Gasteiger partial charge in [0.1, 0.15) is 0 Å². The van der Waals surface area contributed by atoms with Crippen molar-refractivity contribution >= 4 is 9.84 Å². The number of hydrogen-bond donors (Lipinski definition) is 0. The molecule has 152 valence electrons. The summed E-state index contributed by atoms with van der Waals surface area (Å²) < 4.78 is 28.8. The minimum atomic E-state index is -3.23. The summed E-state index contributed by atoms with van der Waals surface area (Å²) >= 11 is 0. The molecular formula is C22H25N3O3S. The van der Waals surface area contributed by atoms with E-state index in [0.717, 1.165) is 48.1 Å². The Bertz CT molecular complexity index is 1200. The molecule has 0 radical (unpaired) electrons. The third kappa shape index (κ3) is 3.67. The fraction of sp³-hybridized carbons (Fsp3) is 0.364. The van der Waals surface area contributed by atoms with Crippen LogP contribution in [0.15, 0.2) is 58.6 Å². The van der Waals surface area contributed by atoms with Crippen molar-refractivity contribution in [3.63, 3.8) is 0 Å². The predicted molar refractivity (Wildman–Crippen MR) is 113 cm³/mol. The van der Waals surface area contributed by atoms with Crippen LogP contribution in [0.5, 0.6) is 0 Å². The number of aryl methyl sites for hydroxylation is 2. The first kappa shape index (κ1) is 19.6. The van der Waals surface area contributed by atoms with E-state index in [-0.39, 0.29) is 10.8 Å². The summed E-state index contributed by atoms with van der Waals surface area (Å²) in [7, 11) is -3.23. The fourth-order valence-corrected chi connectivity index (χ4v) is 5.62. The van der Waals surface area contributed by atoms with Gasteiger partial charge in [-0.15, -0.1) is 0 Å². The van der Waals surface area contributed by atoms with Crippen molar-refractivity contribution in [2.75, 3.05) is 0 Å². The quantitative estimate of drug-likeness (QED) is 0.619. The Morgan fingerprint density at radius 1 is 1.14 bits per heavy atom. The van der Waals surface area contributed by atoms with Crippen molar-refractivity contribution < 1.29 is 8.42 Å². The Labute approximate surface area is 170 Å². The number of benzene rings is 1. The Balaban J connectivity index is 1.65. The van der Waals surface area contributed by atoms with Crippen molar-refractivity contribution in [1.82, 2.24) is 14.3 Å².